The summed E-state index contributed by atoms with van der Waals surface area (Å²) >= 11 is 11.6. The third-order valence-electron chi connectivity index (χ3n) is 2.63. The lowest BCUT2D eigenvalue weighted by molar-refractivity contribution is 0.294. The van der Waals surface area contributed by atoms with Gasteiger partial charge < -0.3 is 0 Å². The van der Waals surface area contributed by atoms with Crippen molar-refractivity contribution in [2.75, 3.05) is 12.9 Å². The summed E-state index contributed by atoms with van der Waals surface area (Å²) in [6, 6.07) is 0. The molecular weight excluding hydrogens is 285 g/mol. The van der Waals surface area contributed by atoms with Gasteiger partial charge in [-0.1, -0.05) is 11.6 Å². The number of aryl methyl sites for hydroxylation is 1. The van der Waals surface area contributed by atoms with Gasteiger partial charge in [-0.15, -0.1) is 11.6 Å². The fraction of sp³-hybridized carbons (Fsp3) is 0.667. The molecule has 0 saturated heterocycles. The standard InChI is InChI=1S/C9H15Cl2N3O2S/c1-9(2,6-10)14(4)17(15,16)8-7(11)5-12-13(8)3/h5H,6H2,1-4H3. The van der Waals surface area contributed by atoms with E-state index in [0.29, 0.717) is 0 Å². The Labute approximate surface area is 111 Å². The largest absolute Gasteiger partial charge is 0.262 e. The second-order valence-electron chi connectivity index (χ2n) is 4.34. The lowest BCUT2D eigenvalue weighted by Gasteiger charge is -2.32. The third-order valence-corrected chi connectivity index (χ3v) is 5.86. The van der Waals surface area contributed by atoms with Crippen LogP contribution < -0.4 is 0 Å². The molecule has 0 fully saturated rings. The Balaban J connectivity index is 3.31. The van der Waals surface area contributed by atoms with Gasteiger partial charge in [0, 0.05) is 25.5 Å². The minimum atomic E-state index is -3.71. The first-order valence-electron chi connectivity index (χ1n) is 4.87. The van der Waals surface area contributed by atoms with E-state index in [1.807, 2.05) is 0 Å². The molecule has 0 atom stereocenters. The molecule has 0 aliphatic carbocycles. The van der Waals surface area contributed by atoms with Gasteiger partial charge in [0.15, 0.2) is 5.03 Å². The second kappa shape index (κ2) is 4.76. The number of hydrogen-bond donors (Lipinski definition) is 0. The number of sulfonamides is 1. The van der Waals surface area contributed by atoms with Gasteiger partial charge in [0.1, 0.15) is 0 Å². The average Bonchev–Trinajstić information content (AvgIpc) is 2.57. The van der Waals surface area contributed by atoms with Crippen LogP contribution in [0.3, 0.4) is 0 Å². The highest BCUT2D eigenvalue weighted by molar-refractivity contribution is 7.89. The van der Waals surface area contributed by atoms with Crippen molar-refractivity contribution in [1.29, 1.82) is 0 Å². The van der Waals surface area contributed by atoms with Crippen molar-refractivity contribution in [3.05, 3.63) is 11.2 Å². The first kappa shape index (κ1) is 14.8. The van der Waals surface area contributed by atoms with Crippen molar-refractivity contribution in [3.8, 4) is 0 Å². The minimum Gasteiger partial charge on any atom is -0.255 e. The van der Waals surface area contributed by atoms with Crippen molar-refractivity contribution in [2.45, 2.75) is 24.4 Å². The number of aromatic nitrogens is 2. The molecule has 0 unspecified atom stereocenters. The molecule has 0 aliphatic rings. The molecule has 1 rings (SSSR count). The molecule has 0 amide bonds. The maximum Gasteiger partial charge on any atom is 0.262 e. The van der Waals surface area contributed by atoms with Crippen LogP contribution in [0.1, 0.15) is 13.8 Å². The van der Waals surface area contributed by atoms with Gasteiger partial charge in [0.25, 0.3) is 10.0 Å². The topological polar surface area (TPSA) is 55.2 Å². The summed E-state index contributed by atoms with van der Waals surface area (Å²) in [5.41, 5.74) is -0.700. The predicted octanol–water partition coefficient (Wildman–Crippen LogP) is 1.71. The molecule has 0 aromatic carbocycles. The number of alkyl halides is 1. The summed E-state index contributed by atoms with van der Waals surface area (Å²) < 4.78 is 27.2. The summed E-state index contributed by atoms with van der Waals surface area (Å²) in [4.78, 5) is 0. The van der Waals surface area contributed by atoms with E-state index in [4.69, 9.17) is 23.2 Å². The van der Waals surface area contributed by atoms with Crippen molar-refractivity contribution < 1.29 is 8.42 Å². The third kappa shape index (κ3) is 2.59. The summed E-state index contributed by atoms with van der Waals surface area (Å²) in [7, 11) is -0.708. The summed E-state index contributed by atoms with van der Waals surface area (Å²) in [6.45, 7) is 3.48. The van der Waals surface area contributed by atoms with E-state index in [0.717, 1.165) is 0 Å². The zero-order valence-corrected chi connectivity index (χ0v) is 12.4. The Hall–Kier alpha value is -0.300. The zero-order chi connectivity index (χ0) is 13.4. The average molecular weight is 300 g/mol. The van der Waals surface area contributed by atoms with E-state index >= 15 is 0 Å². The van der Waals surface area contributed by atoms with Crippen LogP contribution in [0.5, 0.6) is 0 Å². The fourth-order valence-corrected chi connectivity index (χ4v) is 3.59. The van der Waals surface area contributed by atoms with Gasteiger partial charge in [-0.3, -0.25) is 4.68 Å². The zero-order valence-electron chi connectivity index (χ0n) is 10.1. The van der Waals surface area contributed by atoms with Crippen LogP contribution >= 0.6 is 23.2 Å². The molecule has 1 heterocycles. The van der Waals surface area contributed by atoms with E-state index < -0.39 is 15.6 Å². The molecule has 1 aromatic rings. The highest BCUT2D eigenvalue weighted by Gasteiger charge is 2.36. The van der Waals surface area contributed by atoms with Crippen LogP contribution in [-0.2, 0) is 17.1 Å². The van der Waals surface area contributed by atoms with E-state index in [2.05, 4.69) is 5.10 Å². The molecule has 0 spiro atoms. The Morgan fingerprint density at radius 3 is 2.41 bits per heavy atom. The van der Waals surface area contributed by atoms with E-state index in [1.165, 1.54) is 29.3 Å². The van der Waals surface area contributed by atoms with E-state index in [1.54, 1.807) is 13.8 Å². The van der Waals surface area contributed by atoms with Crippen LogP contribution in [0.15, 0.2) is 11.2 Å². The number of hydrogen-bond acceptors (Lipinski definition) is 3. The Bertz CT molecular complexity index is 491. The molecule has 0 radical (unpaired) electrons. The van der Waals surface area contributed by atoms with Gasteiger partial charge in [0.2, 0.25) is 0 Å². The quantitative estimate of drug-likeness (QED) is 0.795. The van der Waals surface area contributed by atoms with Crippen LogP contribution in [0.25, 0.3) is 0 Å². The van der Waals surface area contributed by atoms with Crippen LogP contribution in [0.2, 0.25) is 5.02 Å². The highest BCUT2D eigenvalue weighted by Crippen LogP contribution is 2.27. The first-order valence-corrected chi connectivity index (χ1v) is 7.22. The minimum absolute atomic E-state index is 0.0279. The van der Waals surface area contributed by atoms with Crippen molar-refractivity contribution in [2.24, 2.45) is 7.05 Å². The summed E-state index contributed by atoms with van der Waals surface area (Å²) in [5.74, 6) is 0.179. The highest BCUT2D eigenvalue weighted by atomic mass is 35.5. The maximum absolute atomic E-state index is 12.4. The number of nitrogens with zero attached hydrogens (tertiary/aromatic N) is 3. The number of halogens is 2. The molecule has 0 saturated carbocycles. The second-order valence-corrected chi connectivity index (χ2v) is 6.90. The Morgan fingerprint density at radius 1 is 1.53 bits per heavy atom. The molecule has 0 aliphatic heterocycles. The smallest absolute Gasteiger partial charge is 0.255 e. The van der Waals surface area contributed by atoms with Gasteiger partial charge in [0.05, 0.1) is 11.2 Å². The van der Waals surface area contributed by atoms with E-state index in [9.17, 15) is 8.42 Å². The summed E-state index contributed by atoms with van der Waals surface area (Å²) in [5, 5.41) is 3.89. The maximum atomic E-state index is 12.4. The molecular formula is C9H15Cl2N3O2S. The molecule has 8 heteroatoms. The Morgan fingerprint density at radius 2 is 2.06 bits per heavy atom. The lowest BCUT2D eigenvalue weighted by atomic mass is 10.1. The fourth-order valence-electron chi connectivity index (χ4n) is 1.23. The predicted molar refractivity (Wildman–Crippen MR) is 68.0 cm³/mol. The lowest BCUT2D eigenvalue weighted by Crippen LogP contribution is -2.46. The molecule has 98 valence electrons. The van der Waals surface area contributed by atoms with E-state index in [-0.39, 0.29) is 15.9 Å². The summed E-state index contributed by atoms with van der Waals surface area (Å²) in [6.07, 6.45) is 1.30. The van der Waals surface area contributed by atoms with Crippen molar-refractivity contribution in [1.82, 2.24) is 14.1 Å². The van der Waals surface area contributed by atoms with Gasteiger partial charge in [-0.2, -0.15) is 9.40 Å². The monoisotopic (exact) mass is 299 g/mol. The van der Waals surface area contributed by atoms with Crippen LogP contribution in [0, 0.1) is 0 Å². The molecule has 0 N–H and O–H groups in total. The van der Waals surface area contributed by atoms with Gasteiger partial charge in [-0.05, 0) is 13.8 Å². The molecule has 0 bridgehead atoms. The molecule has 17 heavy (non-hydrogen) atoms. The van der Waals surface area contributed by atoms with Gasteiger partial charge >= 0.3 is 0 Å². The first-order chi connectivity index (χ1) is 7.64. The van der Waals surface area contributed by atoms with Gasteiger partial charge in [-0.25, -0.2) is 8.42 Å². The molecule has 1 aromatic heterocycles. The van der Waals surface area contributed by atoms with Crippen molar-refractivity contribution >= 4 is 33.2 Å². The normalized spacial score (nSPS) is 13.4. The Kier molecular flexibility index (Phi) is 4.13. The van der Waals surface area contributed by atoms with Crippen LogP contribution in [0.4, 0.5) is 0 Å². The van der Waals surface area contributed by atoms with Crippen molar-refractivity contribution in [3.63, 3.8) is 0 Å². The molecule has 5 nitrogen and oxygen atoms in total. The van der Waals surface area contributed by atoms with Crippen LogP contribution in [-0.4, -0.2) is 41.0 Å². The SMILES string of the molecule is CN(C(C)(C)CCl)S(=O)(=O)c1c(Cl)cnn1C. The number of rotatable bonds is 4.